The summed E-state index contributed by atoms with van der Waals surface area (Å²) in [7, 11) is 3.54. The summed E-state index contributed by atoms with van der Waals surface area (Å²) in [6, 6.07) is 16.0. The van der Waals surface area contributed by atoms with Crippen LogP contribution in [0.3, 0.4) is 0 Å². The minimum Gasteiger partial charge on any atom is -0.490 e. The van der Waals surface area contributed by atoms with E-state index in [9.17, 15) is 4.79 Å². The van der Waals surface area contributed by atoms with Crippen molar-refractivity contribution >= 4 is 35.8 Å². The lowest BCUT2D eigenvalue weighted by Gasteiger charge is -2.27. The van der Waals surface area contributed by atoms with Gasteiger partial charge in [0.1, 0.15) is 5.75 Å². The van der Waals surface area contributed by atoms with Crippen molar-refractivity contribution in [2.45, 2.75) is 45.3 Å². The molecule has 0 radical (unpaired) electrons. The number of hydrogen-bond acceptors (Lipinski definition) is 3. The Morgan fingerprint density at radius 2 is 1.91 bits per heavy atom. The Kier molecular flexibility index (Phi) is 10.8. The van der Waals surface area contributed by atoms with E-state index in [0.29, 0.717) is 18.2 Å². The molecule has 1 amide bonds. The fourth-order valence-corrected chi connectivity index (χ4v) is 3.37. The molecule has 0 unspecified atom stereocenters. The van der Waals surface area contributed by atoms with Gasteiger partial charge < -0.3 is 20.3 Å². The second-order valence-electron chi connectivity index (χ2n) is 8.05. The molecule has 0 aromatic heterocycles. The average Bonchev–Trinajstić information content (AvgIpc) is 2.75. The summed E-state index contributed by atoms with van der Waals surface area (Å²) in [6.45, 7) is 4.14. The van der Waals surface area contributed by atoms with Crippen LogP contribution in [-0.2, 0) is 13.0 Å². The van der Waals surface area contributed by atoms with E-state index in [2.05, 4.69) is 23.6 Å². The number of guanidine groups is 1. The van der Waals surface area contributed by atoms with Crippen LogP contribution in [0.15, 0.2) is 53.5 Å². The molecule has 0 saturated heterocycles. The number of halogens is 1. The number of aliphatic imine (C=N–C) groups is 1. The second-order valence-corrected chi connectivity index (χ2v) is 8.05. The van der Waals surface area contributed by atoms with Gasteiger partial charge in [0.05, 0.1) is 12.6 Å². The SMILES string of the molecule is CCNC(=NCc1ccccc1OC1CCC1)NCCc1cccc(C(=O)N(C)C)c1.I. The Morgan fingerprint density at radius 1 is 1.12 bits per heavy atom. The molecule has 0 heterocycles. The minimum atomic E-state index is 0. The molecule has 2 aromatic carbocycles. The van der Waals surface area contributed by atoms with E-state index >= 15 is 0 Å². The maximum atomic E-state index is 12.2. The molecule has 1 aliphatic carbocycles. The van der Waals surface area contributed by atoms with Gasteiger partial charge in [-0.25, -0.2) is 4.99 Å². The molecule has 1 saturated carbocycles. The number of rotatable bonds is 9. The highest BCUT2D eigenvalue weighted by Gasteiger charge is 2.20. The average molecular weight is 550 g/mol. The van der Waals surface area contributed by atoms with E-state index in [1.54, 1.807) is 19.0 Å². The Hall–Kier alpha value is -2.29. The lowest BCUT2D eigenvalue weighted by atomic mass is 9.96. The fourth-order valence-electron chi connectivity index (χ4n) is 3.37. The molecule has 7 heteroatoms. The molecule has 6 nitrogen and oxygen atoms in total. The van der Waals surface area contributed by atoms with Crippen molar-refractivity contribution in [1.82, 2.24) is 15.5 Å². The number of para-hydroxylation sites is 1. The van der Waals surface area contributed by atoms with Crippen LogP contribution in [0, 0.1) is 0 Å². The van der Waals surface area contributed by atoms with Crippen LogP contribution >= 0.6 is 24.0 Å². The molecule has 174 valence electrons. The van der Waals surface area contributed by atoms with Crippen LogP contribution in [0.1, 0.15) is 47.7 Å². The van der Waals surface area contributed by atoms with Crippen LogP contribution in [0.4, 0.5) is 0 Å². The zero-order valence-electron chi connectivity index (χ0n) is 19.3. The highest BCUT2D eigenvalue weighted by molar-refractivity contribution is 14.0. The first kappa shape index (κ1) is 26.0. The summed E-state index contributed by atoms with van der Waals surface area (Å²) in [4.78, 5) is 18.5. The summed E-state index contributed by atoms with van der Waals surface area (Å²) in [5.41, 5.74) is 2.93. The Morgan fingerprint density at radius 3 is 2.59 bits per heavy atom. The molecule has 1 aliphatic rings. The Labute approximate surface area is 208 Å². The van der Waals surface area contributed by atoms with E-state index in [1.165, 1.54) is 6.42 Å². The maximum Gasteiger partial charge on any atom is 0.253 e. The van der Waals surface area contributed by atoms with E-state index in [1.807, 2.05) is 42.5 Å². The van der Waals surface area contributed by atoms with Gasteiger partial charge in [0.2, 0.25) is 0 Å². The van der Waals surface area contributed by atoms with Gasteiger partial charge >= 0.3 is 0 Å². The largest absolute Gasteiger partial charge is 0.490 e. The van der Waals surface area contributed by atoms with Crippen molar-refractivity contribution in [3.63, 3.8) is 0 Å². The van der Waals surface area contributed by atoms with Gasteiger partial charge in [0.15, 0.2) is 5.96 Å². The molecule has 1 fully saturated rings. The molecule has 0 atom stereocenters. The van der Waals surface area contributed by atoms with Crippen molar-refractivity contribution in [3.8, 4) is 5.75 Å². The third-order valence-electron chi connectivity index (χ3n) is 5.36. The van der Waals surface area contributed by atoms with Crippen LogP contribution in [0.2, 0.25) is 0 Å². The number of nitrogens with zero attached hydrogens (tertiary/aromatic N) is 2. The van der Waals surface area contributed by atoms with Gasteiger partial charge in [-0.15, -0.1) is 24.0 Å². The van der Waals surface area contributed by atoms with E-state index in [-0.39, 0.29) is 29.9 Å². The van der Waals surface area contributed by atoms with Crippen LogP contribution in [0.25, 0.3) is 0 Å². The van der Waals surface area contributed by atoms with Crippen LogP contribution in [0.5, 0.6) is 5.75 Å². The normalized spacial score (nSPS) is 13.5. The lowest BCUT2D eigenvalue weighted by Crippen LogP contribution is -2.38. The molecule has 0 aliphatic heterocycles. The first-order valence-electron chi connectivity index (χ1n) is 11.1. The van der Waals surface area contributed by atoms with E-state index in [4.69, 9.17) is 9.73 Å². The Balaban J connectivity index is 0.00000363. The zero-order chi connectivity index (χ0) is 22.1. The number of carbonyl (C=O) groups excluding carboxylic acids is 1. The molecule has 0 spiro atoms. The predicted molar refractivity (Wildman–Crippen MR) is 141 cm³/mol. The number of ether oxygens (including phenoxy) is 1. The number of amides is 1. The summed E-state index contributed by atoms with van der Waals surface area (Å²) < 4.78 is 6.12. The third kappa shape index (κ3) is 7.69. The van der Waals surface area contributed by atoms with Crippen LogP contribution < -0.4 is 15.4 Å². The number of hydrogen-bond donors (Lipinski definition) is 2. The van der Waals surface area contributed by atoms with Gasteiger partial charge in [-0.1, -0.05) is 30.3 Å². The van der Waals surface area contributed by atoms with Gasteiger partial charge in [-0.3, -0.25) is 4.79 Å². The molecule has 2 N–H and O–H groups in total. The first-order valence-corrected chi connectivity index (χ1v) is 11.1. The Bertz CT molecular complexity index is 897. The van der Waals surface area contributed by atoms with Gasteiger partial charge in [-0.05, 0) is 56.4 Å². The van der Waals surface area contributed by atoms with Crippen LogP contribution in [-0.4, -0.2) is 50.1 Å². The first-order chi connectivity index (χ1) is 15.1. The number of benzene rings is 2. The highest BCUT2D eigenvalue weighted by atomic mass is 127. The van der Waals surface area contributed by atoms with Crippen molar-refractivity contribution < 1.29 is 9.53 Å². The topological polar surface area (TPSA) is 66.0 Å². The second kappa shape index (κ2) is 13.3. The lowest BCUT2D eigenvalue weighted by molar-refractivity contribution is 0.0827. The summed E-state index contributed by atoms with van der Waals surface area (Å²) in [5.74, 6) is 1.74. The van der Waals surface area contributed by atoms with Gasteiger partial charge in [-0.2, -0.15) is 0 Å². The monoisotopic (exact) mass is 550 g/mol. The smallest absolute Gasteiger partial charge is 0.253 e. The standard InChI is InChI=1S/C25H34N4O2.HI/c1-4-26-25(27-16-15-19-9-7-11-20(17-19)24(30)29(2)3)28-18-21-10-5-6-14-23(21)31-22-12-8-13-22;/h5-7,9-11,14,17,22H,4,8,12-13,15-16,18H2,1-3H3,(H2,26,27,28);1H. The zero-order valence-corrected chi connectivity index (χ0v) is 21.6. The fraction of sp³-hybridized carbons (Fsp3) is 0.440. The molecule has 0 bridgehead atoms. The van der Waals surface area contributed by atoms with E-state index < -0.39 is 0 Å². The van der Waals surface area contributed by atoms with Crippen molar-refractivity contribution in [2.24, 2.45) is 4.99 Å². The molecule has 2 aromatic rings. The van der Waals surface area contributed by atoms with Gasteiger partial charge in [0.25, 0.3) is 5.91 Å². The minimum absolute atomic E-state index is 0. The quantitative estimate of drug-likeness (QED) is 0.279. The molecule has 3 rings (SSSR count). The summed E-state index contributed by atoms with van der Waals surface area (Å²) in [6.07, 6.45) is 4.70. The predicted octanol–water partition coefficient (Wildman–Crippen LogP) is 4.24. The molecule has 32 heavy (non-hydrogen) atoms. The van der Waals surface area contributed by atoms with E-state index in [0.717, 1.165) is 55.2 Å². The maximum absolute atomic E-state index is 12.2. The number of carbonyl (C=O) groups is 1. The third-order valence-corrected chi connectivity index (χ3v) is 5.36. The summed E-state index contributed by atoms with van der Waals surface area (Å²) in [5, 5.41) is 6.70. The number of nitrogens with one attached hydrogen (secondary N) is 2. The molecular formula is C25H35IN4O2. The van der Waals surface area contributed by atoms with Crippen molar-refractivity contribution in [1.29, 1.82) is 0 Å². The highest BCUT2D eigenvalue weighted by Crippen LogP contribution is 2.27. The molecular weight excluding hydrogens is 515 g/mol. The summed E-state index contributed by atoms with van der Waals surface area (Å²) >= 11 is 0. The van der Waals surface area contributed by atoms with Crippen molar-refractivity contribution in [3.05, 3.63) is 65.2 Å². The van der Waals surface area contributed by atoms with Gasteiger partial charge in [0, 0.05) is 38.3 Å². The van der Waals surface area contributed by atoms with Crippen molar-refractivity contribution in [2.75, 3.05) is 27.2 Å².